The van der Waals surface area contributed by atoms with E-state index in [1.807, 2.05) is 22.8 Å². The quantitative estimate of drug-likeness (QED) is 0.887. The van der Waals surface area contributed by atoms with Crippen molar-refractivity contribution >= 4 is 11.8 Å². The third kappa shape index (κ3) is 3.81. The number of hydrogen-bond acceptors (Lipinski definition) is 3. The molecule has 1 N–H and O–H groups in total. The molecule has 1 saturated heterocycles. The molecule has 2 amide bonds. The summed E-state index contributed by atoms with van der Waals surface area (Å²) in [6.45, 7) is 4.61. The van der Waals surface area contributed by atoms with E-state index in [1.165, 1.54) is 5.56 Å². The third-order valence-electron chi connectivity index (χ3n) is 6.06. The Bertz CT molecular complexity index is 837. The van der Waals surface area contributed by atoms with Crippen LogP contribution < -0.4 is 0 Å². The maximum atomic E-state index is 13.1. The van der Waals surface area contributed by atoms with Crippen molar-refractivity contribution in [1.82, 2.24) is 20.0 Å². The van der Waals surface area contributed by atoms with Gasteiger partial charge in [0.25, 0.3) is 5.91 Å². The number of benzene rings is 1. The monoisotopic (exact) mass is 380 g/mol. The first kappa shape index (κ1) is 18.7. The Morgan fingerprint density at radius 3 is 2.57 bits per heavy atom. The first-order valence-electron chi connectivity index (χ1n) is 10.3. The fourth-order valence-electron chi connectivity index (χ4n) is 4.35. The lowest BCUT2D eigenvalue weighted by atomic mass is 9.90. The second-order valence-electron chi connectivity index (χ2n) is 7.87. The number of carbonyl (C=O) groups excluding carboxylic acids is 2. The molecule has 6 nitrogen and oxygen atoms in total. The van der Waals surface area contributed by atoms with Crippen LogP contribution in [0.2, 0.25) is 0 Å². The number of fused-ring (bicyclic) bond motifs is 1. The van der Waals surface area contributed by atoms with E-state index < -0.39 is 0 Å². The lowest BCUT2D eigenvalue weighted by Crippen LogP contribution is -2.40. The second kappa shape index (κ2) is 8.17. The van der Waals surface area contributed by atoms with Crippen LogP contribution in [0.4, 0.5) is 0 Å². The number of rotatable bonds is 4. The zero-order chi connectivity index (χ0) is 19.5. The lowest BCUT2D eigenvalue weighted by molar-refractivity contribution is -0.131. The summed E-state index contributed by atoms with van der Waals surface area (Å²) in [7, 11) is 0. The zero-order valence-electron chi connectivity index (χ0n) is 16.5. The summed E-state index contributed by atoms with van der Waals surface area (Å²) < 4.78 is 0. The first-order valence-corrected chi connectivity index (χ1v) is 10.3. The van der Waals surface area contributed by atoms with Crippen LogP contribution in [0.3, 0.4) is 0 Å². The van der Waals surface area contributed by atoms with Gasteiger partial charge in [0.2, 0.25) is 5.91 Å². The van der Waals surface area contributed by atoms with Crippen LogP contribution in [-0.2, 0) is 24.2 Å². The molecule has 0 spiro atoms. The Morgan fingerprint density at radius 2 is 1.86 bits per heavy atom. The molecule has 1 aromatic heterocycles. The number of aromatic amines is 1. The Kier molecular flexibility index (Phi) is 5.46. The summed E-state index contributed by atoms with van der Waals surface area (Å²) in [4.78, 5) is 28.9. The van der Waals surface area contributed by atoms with E-state index in [0.717, 1.165) is 50.0 Å². The van der Waals surface area contributed by atoms with E-state index in [0.29, 0.717) is 31.1 Å². The fraction of sp³-hybridized carbons (Fsp3) is 0.500. The van der Waals surface area contributed by atoms with Gasteiger partial charge in [0.15, 0.2) is 5.69 Å². The number of likely N-dealkylation sites (tertiary alicyclic amines) is 1. The van der Waals surface area contributed by atoms with E-state index in [9.17, 15) is 9.59 Å². The minimum atomic E-state index is 0.00135. The molecule has 6 heteroatoms. The maximum absolute atomic E-state index is 13.1. The number of aromatic nitrogens is 2. The van der Waals surface area contributed by atoms with Crippen molar-refractivity contribution in [2.45, 2.75) is 45.6 Å². The summed E-state index contributed by atoms with van der Waals surface area (Å²) in [5, 5.41) is 7.35. The number of piperidine rings is 1. The fourth-order valence-corrected chi connectivity index (χ4v) is 4.35. The minimum Gasteiger partial charge on any atom is -0.338 e. The Morgan fingerprint density at radius 1 is 1.11 bits per heavy atom. The summed E-state index contributed by atoms with van der Waals surface area (Å²) in [5.41, 5.74) is 3.78. The van der Waals surface area contributed by atoms with Crippen molar-refractivity contribution in [1.29, 1.82) is 0 Å². The van der Waals surface area contributed by atoms with Crippen LogP contribution in [0.5, 0.6) is 0 Å². The van der Waals surface area contributed by atoms with Crippen molar-refractivity contribution in [2.24, 2.45) is 5.92 Å². The molecular formula is C22H28N4O2. The number of H-pyrrole nitrogens is 1. The Hall–Kier alpha value is -2.63. The maximum Gasteiger partial charge on any atom is 0.274 e. The van der Waals surface area contributed by atoms with Crippen LogP contribution >= 0.6 is 0 Å². The first-order chi connectivity index (χ1) is 13.7. The number of hydrogen-bond donors (Lipinski definition) is 1. The van der Waals surface area contributed by atoms with Crippen LogP contribution in [0, 0.1) is 5.92 Å². The van der Waals surface area contributed by atoms with E-state index in [-0.39, 0.29) is 11.8 Å². The van der Waals surface area contributed by atoms with Crippen LogP contribution in [0.25, 0.3) is 0 Å². The van der Waals surface area contributed by atoms with Gasteiger partial charge in [-0.25, -0.2) is 0 Å². The summed E-state index contributed by atoms with van der Waals surface area (Å²) >= 11 is 0. The molecule has 2 aromatic rings. The molecule has 2 aliphatic rings. The highest BCUT2D eigenvalue weighted by Crippen LogP contribution is 2.26. The van der Waals surface area contributed by atoms with Gasteiger partial charge >= 0.3 is 0 Å². The molecule has 3 heterocycles. The molecule has 4 rings (SSSR count). The van der Waals surface area contributed by atoms with E-state index in [1.54, 1.807) is 0 Å². The highest BCUT2D eigenvalue weighted by Gasteiger charge is 2.31. The predicted octanol–water partition coefficient (Wildman–Crippen LogP) is 2.80. The van der Waals surface area contributed by atoms with E-state index in [4.69, 9.17) is 0 Å². The van der Waals surface area contributed by atoms with Gasteiger partial charge in [-0.2, -0.15) is 5.10 Å². The number of amides is 2. The van der Waals surface area contributed by atoms with E-state index >= 15 is 0 Å². The van der Waals surface area contributed by atoms with Gasteiger partial charge in [-0.05, 0) is 30.7 Å². The molecule has 1 aromatic carbocycles. The Balaban J connectivity index is 1.39. The van der Waals surface area contributed by atoms with Crippen LogP contribution in [0.1, 0.15) is 53.5 Å². The van der Waals surface area contributed by atoms with Crippen molar-refractivity contribution < 1.29 is 9.59 Å². The van der Waals surface area contributed by atoms with Gasteiger partial charge in [0.05, 0.1) is 0 Å². The third-order valence-corrected chi connectivity index (χ3v) is 6.06. The molecule has 2 aliphatic heterocycles. The molecule has 0 atom stereocenters. The van der Waals surface area contributed by atoms with Gasteiger partial charge in [0.1, 0.15) is 0 Å². The summed E-state index contributed by atoms with van der Waals surface area (Å²) in [5.74, 6) is 0.755. The molecule has 0 aliphatic carbocycles. The van der Waals surface area contributed by atoms with Crippen LogP contribution in [-0.4, -0.2) is 51.4 Å². The highest BCUT2D eigenvalue weighted by molar-refractivity contribution is 5.94. The number of nitrogens with one attached hydrogen (secondary N) is 1. The van der Waals surface area contributed by atoms with Gasteiger partial charge in [0, 0.05) is 50.3 Å². The van der Waals surface area contributed by atoms with Crippen LogP contribution in [0.15, 0.2) is 30.3 Å². The smallest absolute Gasteiger partial charge is 0.274 e. The second-order valence-corrected chi connectivity index (χ2v) is 7.87. The molecule has 0 saturated carbocycles. The number of carbonyl (C=O) groups is 2. The molecule has 0 unspecified atom stereocenters. The predicted molar refractivity (Wildman–Crippen MR) is 107 cm³/mol. The average molecular weight is 380 g/mol. The molecule has 1 fully saturated rings. The Labute approximate surface area is 165 Å². The summed E-state index contributed by atoms with van der Waals surface area (Å²) in [6.07, 6.45) is 4.35. The van der Waals surface area contributed by atoms with Crippen molar-refractivity contribution in [3.05, 3.63) is 52.8 Å². The molecular weight excluding hydrogens is 352 g/mol. The minimum absolute atomic E-state index is 0.00135. The SMILES string of the molecule is CCC(=O)N1CCc2[nH]nc(C(=O)N3CCC(Cc4ccccc4)CC3)c2C1. The number of nitrogens with zero attached hydrogens (tertiary/aromatic N) is 3. The van der Waals surface area contributed by atoms with Crippen molar-refractivity contribution in [3.63, 3.8) is 0 Å². The van der Waals surface area contributed by atoms with E-state index in [2.05, 4.69) is 34.5 Å². The standard InChI is InChI=1S/C22H28N4O2/c1-2-20(27)26-13-10-19-18(15-26)21(24-23-19)22(28)25-11-8-17(9-12-25)14-16-6-4-3-5-7-16/h3-7,17H,2,8-15H2,1H3,(H,23,24). The van der Waals surface area contributed by atoms with Crippen molar-refractivity contribution in [3.8, 4) is 0 Å². The molecule has 0 radical (unpaired) electrons. The highest BCUT2D eigenvalue weighted by atomic mass is 16.2. The van der Waals surface area contributed by atoms with Gasteiger partial charge in [-0.1, -0.05) is 37.3 Å². The molecule has 28 heavy (non-hydrogen) atoms. The average Bonchev–Trinajstić information content (AvgIpc) is 3.17. The topological polar surface area (TPSA) is 69.3 Å². The lowest BCUT2D eigenvalue weighted by Gasteiger charge is -2.32. The molecule has 0 bridgehead atoms. The normalized spacial score (nSPS) is 17.5. The van der Waals surface area contributed by atoms with Gasteiger partial charge < -0.3 is 9.80 Å². The molecule has 148 valence electrons. The summed E-state index contributed by atoms with van der Waals surface area (Å²) in [6, 6.07) is 10.6. The van der Waals surface area contributed by atoms with Crippen molar-refractivity contribution in [2.75, 3.05) is 19.6 Å². The largest absolute Gasteiger partial charge is 0.338 e. The van der Waals surface area contributed by atoms with Gasteiger partial charge in [-0.15, -0.1) is 0 Å². The zero-order valence-corrected chi connectivity index (χ0v) is 16.5. The van der Waals surface area contributed by atoms with Gasteiger partial charge in [-0.3, -0.25) is 14.7 Å².